The number of nitro benzene ring substituents is 1. The van der Waals surface area contributed by atoms with E-state index in [2.05, 4.69) is 5.32 Å². The predicted octanol–water partition coefficient (Wildman–Crippen LogP) is 1.11. The molecule has 1 unspecified atom stereocenters. The van der Waals surface area contributed by atoms with Crippen LogP contribution in [0.25, 0.3) is 0 Å². The Balaban J connectivity index is 2.21. The van der Waals surface area contributed by atoms with E-state index < -0.39 is 4.92 Å². The van der Waals surface area contributed by atoms with Crippen LogP contribution in [0.2, 0.25) is 0 Å². The van der Waals surface area contributed by atoms with Gasteiger partial charge >= 0.3 is 0 Å². The summed E-state index contributed by atoms with van der Waals surface area (Å²) in [7, 11) is 1.72. The summed E-state index contributed by atoms with van der Waals surface area (Å²) in [6.45, 7) is 0.675. The van der Waals surface area contributed by atoms with Gasteiger partial charge in [-0.05, 0) is 18.6 Å². The first kappa shape index (κ1) is 12.8. The van der Waals surface area contributed by atoms with E-state index in [1.165, 1.54) is 18.2 Å². The molecule has 0 aliphatic carbocycles. The number of nitriles is 1. The molecule has 1 amide bonds. The highest BCUT2D eigenvalue weighted by Gasteiger charge is 2.29. The van der Waals surface area contributed by atoms with Crippen LogP contribution in [0.1, 0.15) is 12.0 Å². The second kappa shape index (κ2) is 4.94. The summed E-state index contributed by atoms with van der Waals surface area (Å²) in [5.41, 5.74) is 0.285. The Labute approximate surface area is 109 Å². The van der Waals surface area contributed by atoms with Crippen molar-refractivity contribution in [2.24, 2.45) is 0 Å². The Morgan fingerprint density at radius 1 is 1.58 bits per heavy atom. The van der Waals surface area contributed by atoms with E-state index in [0.717, 1.165) is 0 Å². The van der Waals surface area contributed by atoms with Crippen LogP contribution in [0.3, 0.4) is 0 Å². The van der Waals surface area contributed by atoms with Gasteiger partial charge in [0.1, 0.15) is 17.7 Å². The van der Waals surface area contributed by atoms with Crippen molar-refractivity contribution in [3.05, 3.63) is 33.9 Å². The third-order valence-corrected chi connectivity index (χ3v) is 3.08. The van der Waals surface area contributed by atoms with Crippen LogP contribution < -0.4 is 5.32 Å². The van der Waals surface area contributed by atoms with E-state index in [4.69, 9.17) is 5.26 Å². The summed E-state index contributed by atoms with van der Waals surface area (Å²) in [6, 6.07) is 5.62. The molecule has 1 aromatic carbocycles. The standard InChI is InChI=1S/C12H12N4O3/c1-15-5-4-10(12(15)17)14-9-2-3-11(16(18)19)8(6-9)7-13/h2-3,6,10,14H,4-5H2,1H3. The number of carbonyl (C=O) groups is 1. The van der Waals surface area contributed by atoms with Crippen molar-refractivity contribution in [1.82, 2.24) is 4.90 Å². The van der Waals surface area contributed by atoms with E-state index in [0.29, 0.717) is 18.7 Å². The Morgan fingerprint density at radius 3 is 2.84 bits per heavy atom. The average Bonchev–Trinajstić information content (AvgIpc) is 2.70. The first-order valence-electron chi connectivity index (χ1n) is 5.73. The zero-order chi connectivity index (χ0) is 14.0. The molecule has 1 N–H and O–H groups in total. The van der Waals surface area contributed by atoms with E-state index in [-0.39, 0.29) is 23.2 Å². The van der Waals surface area contributed by atoms with E-state index >= 15 is 0 Å². The summed E-state index contributed by atoms with van der Waals surface area (Å²) in [5, 5.41) is 22.6. The van der Waals surface area contributed by atoms with E-state index in [1.54, 1.807) is 18.0 Å². The first-order valence-corrected chi connectivity index (χ1v) is 5.73. The number of rotatable bonds is 3. The van der Waals surface area contributed by atoms with Gasteiger partial charge in [0.2, 0.25) is 5.91 Å². The molecule has 1 fully saturated rings. The van der Waals surface area contributed by atoms with Gasteiger partial charge in [0.15, 0.2) is 0 Å². The largest absolute Gasteiger partial charge is 0.374 e. The lowest BCUT2D eigenvalue weighted by molar-refractivity contribution is -0.385. The third-order valence-electron chi connectivity index (χ3n) is 3.08. The molecule has 0 aromatic heterocycles. The van der Waals surface area contributed by atoms with Crippen molar-refractivity contribution in [3.63, 3.8) is 0 Å². The molecule has 0 spiro atoms. The number of nitrogens with one attached hydrogen (secondary N) is 1. The normalized spacial score (nSPS) is 18.2. The van der Waals surface area contributed by atoms with Gasteiger partial charge in [0, 0.05) is 25.3 Å². The quantitative estimate of drug-likeness (QED) is 0.648. The maximum atomic E-state index is 11.7. The molecule has 2 rings (SSSR count). The molecule has 19 heavy (non-hydrogen) atoms. The van der Waals surface area contributed by atoms with Gasteiger partial charge in [0.05, 0.1) is 4.92 Å². The van der Waals surface area contributed by atoms with Crippen LogP contribution in [0, 0.1) is 21.4 Å². The number of anilines is 1. The second-order valence-electron chi connectivity index (χ2n) is 4.35. The van der Waals surface area contributed by atoms with Crippen LogP contribution in [0.4, 0.5) is 11.4 Å². The van der Waals surface area contributed by atoms with Crippen molar-refractivity contribution in [2.75, 3.05) is 18.9 Å². The third kappa shape index (κ3) is 2.47. The first-order chi connectivity index (χ1) is 9.02. The lowest BCUT2D eigenvalue weighted by atomic mass is 10.1. The number of hydrogen-bond donors (Lipinski definition) is 1. The van der Waals surface area contributed by atoms with Gasteiger partial charge < -0.3 is 10.2 Å². The van der Waals surface area contributed by atoms with Gasteiger partial charge in [-0.1, -0.05) is 0 Å². The second-order valence-corrected chi connectivity index (χ2v) is 4.35. The summed E-state index contributed by atoms with van der Waals surface area (Å²) in [4.78, 5) is 23.5. The molecule has 1 aliphatic rings. The number of hydrogen-bond acceptors (Lipinski definition) is 5. The maximum absolute atomic E-state index is 11.7. The molecule has 1 aromatic rings. The highest BCUT2D eigenvalue weighted by Crippen LogP contribution is 2.23. The zero-order valence-electron chi connectivity index (χ0n) is 10.3. The minimum Gasteiger partial charge on any atom is -0.374 e. The number of nitro groups is 1. The zero-order valence-corrected chi connectivity index (χ0v) is 10.3. The van der Waals surface area contributed by atoms with Crippen LogP contribution in [-0.2, 0) is 4.79 Å². The van der Waals surface area contributed by atoms with Crippen molar-refractivity contribution >= 4 is 17.3 Å². The molecule has 1 saturated heterocycles. The molecule has 7 heteroatoms. The number of nitrogens with zero attached hydrogens (tertiary/aromatic N) is 3. The lowest BCUT2D eigenvalue weighted by Gasteiger charge is -2.13. The SMILES string of the molecule is CN1CCC(Nc2ccc([N+](=O)[O-])c(C#N)c2)C1=O. The molecule has 1 heterocycles. The topological polar surface area (TPSA) is 99.3 Å². The molecular weight excluding hydrogens is 248 g/mol. The molecule has 98 valence electrons. The smallest absolute Gasteiger partial charge is 0.287 e. The van der Waals surface area contributed by atoms with Crippen LogP contribution in [0.5, 0.6) is 0 Å². The average molecular weight is 260 g/mol. The predicted molar refractivity (Wildman–Crippen MR) is 67.5 cm³/mol. The number of amides is 1. The minimum atomic E-state index is -0.600. The minimum absolute atomic E-state index is 0.0168. The monoisotopic (exact) mass is 260 g/mol. The summed E-state index contributed by atoms with van der Waals surface area (Å²) >= 11 is 0. The number of benzene rings is 1. The van der Waals surface area contributed by atoms with Gasteiger partial charge in [0.25, 0.3) is 5.69 Å². The van der Waals surface area contributed by atoms with Crippen LogP contribution in [-0.4, -0.2) is 35.4 Å². The van der Waals surface area contributed by atoms with Crippen molar-refractivity contribution in [2.45, 2.75) is 12.5 Å². The van der Waals surface area contributed by atoms with Gasteiger partial charge in [-0.25, -0.2) is 0 Å². The van der Waals surface area contributed by atoms with Crippen LogP contribution in [0.15, 0.2) is 18.2 Å². The number of carbonyl (C=O) groups excluding carboxylic acids is 1. The fraction of sp³-hybridized carbons (Fsp3) is 0.333. The fourth-order valence-electron chi connectivity index (χ4n) is 2.03. The van der Waals surface area contributed by atoms with Gasteiger partial charge in [-0.3, -0.25) is 14.9 Å². The Hall–Kier alpha value is -2.62. The molecule has 7 nitrogen and oxygen atoms in total. The van der Waals surface area contributed by atoms with Gasteiger partial charge in [-0.15, -0.1) is 0 Å². The molecular formula is C12H12N4O3. The maximum Gasteiger partial charge on any atom is 0.287 e. The van der Waals surface area contributed by atoms with Crippen molar-refractivity contribution < 1.29 is 9.72 Å². The molecule has 0 radical (unpaired) electrons. The van der Waals surface area contributed by atoms with E-state index in [1.807, 2.05) is 0 Å². The summed E-state index contributed by atoms with van der Waals surface area (Å²) in [6.07, 6.45) is 0.675. The van der Waals surface area contributed by atoms with Gasteiger partial charge in [-0.2, -0.15) is 5.26 Å². The number of likely N-dealkylation sites (tertiary alicyclic amines) is 1. The highest BCUT2D eigenvalue weighted by atomic mass is 16.6. The summed E-state index contributed by atoms with van der Waals surface area (Å²) < 4.78 is 0. The fourth-order valence-corrected chi connectivity index (χ4v) is 2.03. The van der Waals surface area contributed by atoms with Crippen molar-refractivity contribution in [1.29, 1.82) is 5.26 Å². The number of likely N-dealkylation sites (N-methyl/N-ethyl adjacent to an activating group) is 1. The van der Waals surface area contributed by atoms with E-state index in [9.17, 15) is 14.9 Å². The highest BCUT2D eigenvalue weighted by molar-refractivity contribution is 5.86. The summed E-state index contributed by atoms with van der Waals surface area (Å²) in [5.74, 6) is -0.0168. The Bertz CT molecular complexity index is 579. The van der Waals surface area contributed by atoms with Crippen molar-refractivity contribution in [3.8, 4) is 6.07 Å². The Morgan fingerprint density at radius 2 is 2.32 bits per heavy atom. The van der Waals surface area contributed by atoms with Crippen LogP contribution >= 0.6 is 0 Å². The molecule has 0 bridgehead atoms. The lowest BCUT2D eigenvalue weighted by Crippen LogP contribution is -2.30. The Kier molecular flexibility index (Phi) is 3.33. The molecule has 0 saturated carbocycles. The molecule has 1 aliphatic heterocycles. The molecule has 1 atom stereocenters.